The third-order valence-corrected chi connectivity index (χ3v) is 4.47. The lowest BCUT2D eigenvalue weighted by molar-refractivity contribution is 0.0934. The van der Waals surface area contributed by atoms with E-state index in [9.17, 15) is 4.79 Å². The molecule has 0 atom stereocenters. The molecule has 1 heterocycles. The molecule has 26 heavy (non-hydrogen) atoms. The van der Waals surface area contributed by atoms with Gasteiger partial charge >= 0.3 is 0 Å². The van der Waals surface area contributed by atoms with Gasteiger partial charge in [0, 0.05) is 21.6 Å². The van der Waals surface area contributed by atoms with Gasteiger partial charge in [-0.2, -0.15) is 0 Å². The van der Waals surface area contributed by atoms with Crippen molar-refractivity contribution in [2.75, 3.05) is 13.2 Å². The second-order valence-corrected chi connectivity index (χ2v) is 6.94. The molecule has 1 amide bonds. The fourth-order valence-electron chi connectivity index (χ4n) is 2.42. The van der Waals surface area contributed by atoms with Crippen molar-refractivity contribution in [3.8, 4) is 17.1 Å². The summed E-state index contributed by atoms with van der Waals surface area (Å²) < 4.78 is 2.55. The Hall–Kier alpha value is -2.22. The van der Waals surface area contributed by atoms with E-state index in [4.69, 9.17) is 16.7 Å². The Morgan fingerprint density at radius 1 is 1.27 bits per heavy atom. The minimum atomic E-state index is -0.448. The third kappa shape index (κ3) is 3.95. The number of carbonyl (C=O) groups excluding carboxylic acids is 1. The van der Waals surface area contributed by atoms with Crippen LogP contribution in [-0.2, 0) is 0 Å². The number of nitrogens with zero attached hydrogens (tertiary/aromatic N) is 3. The van der Waals surface area contributed by atoms with Crippen LogP contribution >= 0.6 is 27.5 Å². The summed E-state index contributed by atoms with van der Waals surface area (Å²) in [6.45, 7) is 1.92. The van der Waals surface area contributed by atoms with Crippen LogP contribution < -0.4 is 5.32 Å². The first kappa shape index (κ1) is 18.6. The van der Waals surface area contributed by atoms with Gasteiger partial charge in [-0.05, 0) is 36.8 Å². The molecule has 0 bridgehead atoms. The van der Waals surface area contributed by atoms with E-state index >= 15 is 0 Å². The Morgan fingerprint density at radius 3 is 2.69 bits per heavy atom. The number of benzene rings is 2. The Balaban J connectivity index is 2.14. The molecule has 6 nitrogen and oxygen atoms in total. The van der Waals surface area contributed by atoms with Crippen molar-refractivity contribution in [1.29, 1.82) is 0 Å². The summed E-state index contributed by atoms with van der Waals surface area (Å²) in [5, 5.41) is 16.4. The van der Waals surface area contributed by atoms with Crippen LogP contribution in [0.1, 0.15) is 16.2 Å². The van der Waals surface area contributed by atoms with Crippen LogP contribution in [0.25, 0.3) is 17.1 Å². The van der Waals surface area contributed by atoms with Crippen molar-refractivity contribution in [1.82, 2.24) is 20.1 Å². The zero-order chi connectivity index (χ0) is 18.7. The molecular formula is C18H16BrClN4O2. The summed E-state index contributed by atoms with van der Waals surface area (Å²) in [5.74, 6) is 0.101. The zero-order valence-corrected chi connectivity index (χ0v) is 16.3. The van der Waals surface area contributed by atoms with Crippen molar-refractivity contribution in [2.45, 2.75) is 6.92 Å². The first-order valence-corrected chi connectivity index (χ1v) is 9.05. The molecule has 0 aliphatic rings. The molecule has 134 valence electrons. The Bertz CT molecular complexity index is 941. The van der Waals surface area contributed by atoms with Gasteiger partial charge in [-0.15, -0.1) is 5.10 Å². The monoisotopic (exact) mass is 434 g/mol. The second-order valence-electron chi connectivity index (χ2n) is 5.59. The SMILES string of the molecule is Cc1ccc(Cl)cc1-n1nc(C(=O)NCCO)nc1-c1ccc(Br)cc1. The predicted octanol–water partition coefficient (Wildman–Crippen LogP) is 3.38. The molecule has 3 rings (SSSR count). The lowest BCUT2D eigenvalue weighted by Crippen LogP contribution is -2.27. The fourth-order valence-corrected chi connectivity index (χ4v) is 2.85. The molecule has 2 aromatic carbocycles. The number of aryl methyl sites for hydroxylation is 1. The van der Waals surface area contributed by atoms with Crippen molar-refractivity contribution in [3.63, 3.8) is 0 Å². The lowest BCUT2D eigenvalue weighted by Gasteiger charge is -2.09. The van der Waals surface area contributed by atoms with E-state index in [1.807, 2.05) is 37.3 Å². The lowest BCUT2D eigenvalue weighted by atomic mass is 10.2. The van der Waals surface area contributed by atoms with E-state index < -0.39 is 5.91 Å². The number of aliphatic hydroxyl groups excluding tert-OH is 1. The highest BCUT2D eigenvalue weighted by atomic mass is 79.9. The first-order valence-electron chi connectivity index (χ1n) is 7.88. The third-order valence-electron chi connectivity index (χ3n) is 3.71. The Morgan fingerprint density at radius 2 is 2.00 bits per heavy atom. The van der Waals surface area contributed by atoms with Crippen LogP contribution in [0.2, 0.25) is 5.02 Å². The van der Waals surface area contributed by atoms with Gasteiger partial charge in [0.15, 0.2) is 5.82 Å². The number of rotatable bonds is 5. The molecule has 0 spiro atoms. The summed E-state index contributed by atoms with van der Waals surface area (Å²) in [7, 11) is 0. The number of aromatic nitrogens is 3. The van der Waals surface area contributed by atoms with Crippen LogP contribution in [0.5, 0.6) is 0 Å². The summed E-state index contributed by atoms with van der Waals surface area (Å²) in [6.07, 6.45) is 0. The van der Waals surface area contributed by atoms with Crippen molar-refractivity contribution in [2.24, 2.45) is 0 Å². The summed E-state index contributed by atoms with van der Waals surface area (Å²) in [5.41, 5.74) is 2.49. The molecule has 0 radical (unpaired) electrons. The molecule has 8 heteroatoms. The zero-order valence-electron chi connectivity index (χ0n) is 13.9. The minimum absolute atomic E-state index is 0.0238. The highest BCUT2D eigenvalue weighted by Gasteiger charge is 2.19. The largest absolute Gasteiger partial charge is 0.395 e. The average molecular weight is 436 g/mol. The Kier molecular flexibility index (Phi) is 5.70. The minimum Gasteiger partial charge on any atom is -0.395 e. The molecule has 0 unspecified atom stereocenters. The molecule has 2 N–H and O–H groups in total. The summed E-state index contributed by atoms with van der Waals surface area (Å²) in [4.78, 5) is 16.7. The van der Waals surface area contributed by atoms with E-state index in [1.54, 1.807) is 16.8 Å². The normalized spacial score (nSPS) is 10.8. The van der Waals surface area contributed by atoms with E-state index in [0.717, 1.165) is 21.3 Å². The highest BCUT2D eigenvalue weighted by molar-refractivity contribution is 9.10. The van der Waals surface area contributed by atoms with Gasteiger partial charge in [0.2, 0.25) is 5.82 Å². The molecule has 0 aliphatic carbocycles. The van der Waals surface area contributed by atoms with Gasteiger partial charge in [0.25, 0.3) is 5.91 Å². The second kappa shape index (κ2) is 7.99. The summed E-state index contributed by atoms with van der Waals surface area (Å²) in [6, 6.07) is 13.0. The number of carbonyl (C=O) groups is 1. The molecule has 0 saturated carbocycles. The maximum atomic E-state index is 12.2. The van der Waals surface area contributed by atoms with Gasteiger partial charge < -0.3 is 10.4 Å². The number of halogens is 2. The van der Waals surface area contributed by atoms with Crippen LogP contribution in [-0.4, -0.2) is 38.9 Å². The maximum Gasteiger partial charge on any atom is 0.291 e. The van der Waals surface area contributed by atoms with E-state index in [0.29, 0.717) is 10.8 Å². The molecule has 0 aliphatic heterocycles. The van der Waals surface area contributed by atoms with Crippen LogP contribution in [0, 0.1) is 6.92 Å². The number of amides is 1. The summed E-state index contributed by atoms with van der Waals surface area (Å²) >= 11 is 9.56. The van der Waals surface area contributed by atoms with E-state index in [-0.39, 0.29) is 19.0 Å². The fraction of sp³-hybridized carbons (Fsp3) is 0.167. The number of aliphatic hydroxyl groups is 1. The molecule has 3 aromatic rings. The van der Waals surface area contributed by atoms with E-state index in [1.165, 1.54) is 0 Å². The van der Waals surface area contributed by atoms with Crippen LogP contribution in [0.3, 0.4) is 0 Å². The van der Waals surface area contributed by atoms with Gasteiger partial charge in [-0.3, -0.25) is 4.79 Å². The number of hydrogen-bond donors (Lipinski definition) is 2. The number of nitrogens with one attached hydrogen (secondary N) is 1. The predicted molar refractivity (Wildman–Crippen MR) is 104 cm³/mol. The van der Waals surface area contributed by atoms with Gasteiger partial charge in [-0.25, -0.2) is 9.67 Å². The van der Waals surface area contributed by atoms with Crippen LogP contribution in [0.15, 0.2) is 46.9 Å². The van der Waals surface area contributed by atoms with Gasteiger partial charge in [0.1, 0.15) is 0 Å². The van der Waals surface area contributed by atoms with E-state index in [2.05, 4.69) is 31.3 Å². The molecule has 0 fully saturated rings. The number of hydrogen-bond acceptors (Lipinski definition) is 4. The topological polar surface area (TPSA) is 80.0 Å². The average Bonchev–Trinajstić information content (AvgIpc) is 3.07. The first-order chi connectivity index (χ1) is 12.5. The maximum absolute atomic E-state index is 12.2. The molecule has 0 saturated heterocycles. The Labute approximate surface area is 164 Å². The molecule has 1 aromatic heterocycles. The smallest absolute Gasteiger partial charge is 0.291 e. The van der Waals surface area contributed by atoms with Gasteiger partial charge in [-0.1, -0.05) is 45.7 Å². The van der Waals surface area contributed by atoms with Crippen molar-refractivity contribution >= 4 is 33.4 Å². The van der Waals surface area contributed by atoms with Crippen molar-refractivity contribution < 1.29 is 9.90 Å². The highest BCUT2D eigenvalue weighted by Crippen LogP contribution is 2.26. The van der Waals surface area contributed by atoms with Gasteiger partial charge in [0.05, 0.1) is 12.3 Å². The quantitative estimate of drug-likeness (QED) is 0.644. The van der Waals surface area contributed by atoms with Crippen molar-refractivity contribution in [3.05, 3.63) is 63.3 Å². The standard InChI is InChI=1S/C18H16BrClN4O2/c1-11-2-7-14(20)10-15(11)24-17(12-3-5-13(19)6-4-12)22-16(23-24)18(26)21-8-9-25/h2-7,10,25H,8-9H2,1H3,(H,21,26). The van der Waals surface area contributed by atoms with Crippen LogP contribution in [0.4, 0.5) is 0 Å². The molecular weight excluding hydrogens is 420 g/mol.